The normalized spacial score (nSPS) is 13.6. The third-order valence-electron chi connectivity index (χ3n) is 4.84. The number of amides is 1. The Balaban J connectivity index is 1.72. The molecular weight excluding hydrogens is 371 g/mol. The molecule has 3 N–H and O–H groups in total. The largest absolute Gasteiger partial charge is 0.367 e. The van der Waals surface area contributed by atoms with Gasteiger partial charge in [-0.1, -0.05) is 0 Å². The van der Waals surface area contributed by atoms with Gasteiger partial charge < -0.3 is 11.1 Å². The highest BCUT2D eigenvalue weighted by Gasteiger charge is 2.23. The van der Waals surface area contributed by atoms with Gasteiger partial charge >= 0.3 is 0 Å². The first-order valence-electron chi connectivity index (χ1n) is 9.26. The first-order valence-corrected chi connectivity index (χ1v) is 9.26. The van der Waals surface area contributed by atoms with Gasteiger partial charge in [-0.3, -0.25) is 4.79 Å². The van der Waals surface area contributed by atoms with Crippen molar-refractivity contribution < 1.29 is 9.18 Å². The van der Waals surface area contributed by atoms with E-state index in [1.165, 1.54) is 12.1 Å². The minimum atomic E-state index is -0.542. The van der Waals surface area contributed by atoms with Crippen molar-refractivity contribution in [2.75, 3.05) is 5.32 Å². The highest BCUT2D eigenvalue weighted by Crippen LogP contribution is 2.34. The molecule has 1 aliphatic rings. The number of hydrogen-bond donors (Lipinski definition) is 2. The number of aromatic nitrogens is 4. The lowest BCUT2D eigenvalue weighted by Crippen LogP contribution is -2.11. The number of primary amides is 1. The van der Waals surface area contributed by atoms with Crippen LogP contribution in [0.2, 0.25) is 0 Å². The van der Waals surface area contributed by atoms with Gasteiger partial charge in [-0.25, -0.2) is 18.9 Å². The van der Waals surface area contributed by atoms with Crippen LogP contribution in [0.4, 0.5) is 10.2 Å². The summed E-state index contributed by atoms with van der Waals surface area (Å²) in [6.07, 6.45) is 5.53. The first kappa shape index (κ1) is 17.3. The molecule has 4 aromatic rings. The van der Waals surface area contributed by atoms with E-state index in [1.54, 1.807) is 41.2 Å². The van der Waals surface area contributed by atoms with E-state index in [4.69, 9.17) is 5.73 Å². The second-order valence-electron chi connectivity index (χ2n) is 7.03. The average molecular weight is 388 g/mol. The van der Waals surface area contributed by atoms with Crippen molar-refractivity contribution in [3.63, 3.8) is 0 Å². The number of rotatable bonds is 5. The van der Waals surface area contributed by atoms with Crippen LogP contribution >= 0.6 is 0 Å². The van der Waals surface area contributed by atoms with Gasteiger partial charge in [0.25, 0.3) is 0 Å². The fourth-order valence-corrected chi connectivity index (χ4v) is 3.22. The summed E-state index contributed by atoms with van der Waals surface area (Å²) in [4.78, 5) is 20.7. The lowest BCUT2D eigenvalue weighted by Gasteiger charge is -2.07. The van der Waals surface area contributed by atoms with Crippen molar-refractivity contribution in [3.05, 3.63) is 66.2 Å². The third kappa shape index (κ3) is 3.29. The Bertz CT molecular complexity index is 1230. The predicted octanol–water partition coefficient (Wildman–Crippen LogP) is 3.27. The summed E-state index contributed by atoms with van der Waals surface area (Å²) in [6.45, 7) is 0. The van der Waals surface area contributed by atoms with Gasteiger partial charge in [-0.2, -0.15) is 5.10 Å². The number of benzene rings is 1. The van der Waals surface area contributed by atoms with E-state index in [1.807, 2.05) is 6.07 Å². The highest BCUT2D eigenvalue weighted by atomic mass is 19.1. The summed E-state index contributed by atoms with van der Waals surface area (Å²) in [5, 5.41) is 7.99. The number of carbonyl (C=O) groups excluding carboxylic acids is 1. The van der Waals surface area contributed by atoms with Crippen molar-refractivity contribution in [1.82, 2.24) is 19.6 Å². The molecule has 0 unspecified atom stereocenters. The van der Waals surface area contributed by atoms with Crippen LogP contribution in [-0.2, 0) is 0 Å². The predicted molar refractivity (Wildman–Crippen MR) is 107 cm³/mol. The zero-order valence-corrected chi connectivity index (χ0v) is 15.3. The van der Waals surface area contributed by atoms with E-state index in [2.05, 4.69) is 20.4 Å². The van der Waals surface area contributed by atoms with Gasteiger partial charge in [0.15, 0.2) is 5.82 Å². The molecule has 0 saturated heterocycles. The summed E-state index contributed by atoms with van der Waals surface area (Å²) in [5.41, 5.74) is 8.47. The third-order valence-corrected chi connectivity index (χ3v) is 4.84. The summed E-state index contributed by atoms with van der Waals surface area (Å²) in [6, 6.07) is 11.8. The smallest absolute Gasteiger partial charge is 0.250 e. The molecule has 29 heavy (non-hydrogen) atoms. The molecule has 5 rings (SSSR count). The highest BCUT2D eigenvalue weighted by molar-refractivity contribution is 5.95. The summed E-state index contributed by atoms with van der Waals surface area (Å²) in [5.74, 6) is 0.369. The van der Waals surface area contributed by atoms with Crippen molar-refractivity contribution in [3.8, 4) is 22.6 Å². The molecule has 0 radical (unpaired) electrons. The molecule has 1 aromatic carbocycles. The number of nitrogens with one attached hydrogen (secondary N) is 1. The van der Waals surface area contributed by atoms with Crippen molar-refractivity contribution in [2.24, 2.45) is 5.73 Å². The van der Waals surface area contributed by atoms with Gasteiger partial charge in [0.05, 0.1) is 16.6 Å². The van der Waals surface area contributed by atoms with Crippen LogP contribution in [-0.4, -0.2) is 31.5 Å². The average Bonchev–Trinajstić information content (AvgIpc) is 3.45. The number of fused-ring (bicyclic) bond motifs is 1. The maximum absolute atomic E-state index is 13.4. The number of pyridine rings is 1. The molecule has 3 heterocycles. The topological polar surface area (TPSA) is 98.2 Å². The van der Waals surface area contributed by atoms with Crippen LogP contribution in [0.15, 0.2) is 54.9 Å². The lowest BCUT2D eigenvalue weighted by molar-refractivity contribution is 0.1000. The minimum Gasteiger partial charge on any atom is -0.367 e. The van der Waals surface area contributed by atoms with Crippen LogP contribution < -0.4 is 11.1 Å². The van der Waals surface area contributed by atoms with E-state index in [0.29, 0.717) is 28.7 Å². The van der Waals surface area contributed by atoms with Crippen LogP contribution in [0.25, 0.3) is 28.2 Å². The second kappa shape index (κ2) is 6.66. The van der Waals surface area contributed by atoms with E-state index in [0.717, 1.165) is 29.7 Å². The molecule has 144 valence electrons. The maximum Gasteiger partial charge on any atom is 0.250 e. The zero-order valence-electron chi connectivity index (χ0n) is 15.3. The van der Waals surface area contributed by atoms with Gasteiger partial charge in [0, 0.05) is 24.0 Å². The monoisotopic (exact) mass is 388 g/mol. The minimum absolute atomic E-state index is 0.332. The Morgan fingerprint density at radius 2 is 1.93 bits per heavy atom. The van der Waals surface area contributed by atoms with Crippen LogP contribution in [0.3, 0.4) is 0 Å². The van der Waals surface area contributed by atoms with E-state index in [9.17, 15) is 9.18 Å². The molecule has 0 spiro atoms. The molecule has 0 atom stereocenters. The number of anilines is 1. The molecule has 1 fully saturated rings. The molecular formula is C21H17FN6O. The Morgan fingerprint density at radius 1 is 1.14 bits per heavy atom. The van der Waals surface area contributed by atoms with E-state index in [-0.39, 0.29) is 5.82 Å². The summed E-state index contributed by atoms with van der Waals surface area (Å²) >= 11 is 0. The Kier molecular flexibility index (Phi) is 3.97. The fourth-order valence-electron chi connectivity index (χ4n) is 3.22. The number of nitrogens with zero attached hydrogens (tertiary/aromatic N) is 4. The molecule has 1 amide bonds. The standard InChI is InChI=1S/C21H17FN6O/c22-14-4-1-12(2-5-14)19-18(16-8-3-13(20(23)29)11-28(16)27-19)21-24-10-9-17(26-21)25-15-6-7-15/h1-5,8-11,15H,6-7H2,(H2,23,29)(H,24,25,26). The molecule has 0 bridgehead atoms. The molecule has 1 saturated carbocycles. The van der Waals surface area contributed by atoms with Crippen LogP contribution in [0, 0.1) is 5.82 Å². The second-order valence-corrected chi connectivity index (χ2v) is 7.03. The van der Waals surface area contributed by atoms with Crippen molar-refractivity contribution in [2.45, 2.75) is 18.9 Å². The van der Waals surface area contributed by atoms with E-state index >= 15 is 0 Å². The number of nitrogens with two attached hydrogens (primary N) is 1. The lowest BCUT2D eigenvalue weighted by atomic mass is 10.1. The summed E-state index contributed by atoms with van der Waals surface area (Å²) in [7, 11) is 0. The van der Waals surface area contributed by atoms with Gasteiger partial charge in [-0.15, -0.1) is 0 Å². The SMILES string of the molecule is NC(=O)c1ccc2c(-c3nccc(NC4CC4)n3)c(-c3ccc(F)cc3)nn2c1. The van der Waals surface area contributed by atoms with Crippen molar-refractivity contribution >= 4 is 17.2 Å². The van der Waals surface area contributed by atoms with E-state index < -0.39 is 5.91 Å². The molecule has 3 aromatic heterocycles. The number of hydrogen-bond acceptors (Lipinski definition) is 5. The quantitative estimate of drug-likeness (QED) is 0.547. The van der Waals surface area contributed by atoms with Crippen LogP contribution in [0.1, 0.15) is 23.2 Å². The molecule has 1 aliphatic carbocycles. The van der Waals surface area contributed by atoms with Gasteiger partial charge in [0.2, 0.25) is 5.91 Å². The zero-order chi connectivity index (χ0) is 20.0. The molecule has 8 heteroatoms. The number of carbonyl (C=O) groups is 1. The van der Waals surface area contributed by atoms with Gasteiger partial charge in [-0.05, 0) is 55.3 Å². The van der Waals surface area contributed by atoms with Gasteiger partial charge in [0.1, 0.15) is 17.3 Å². The van der Waals surface area contributed by atoms with Crippen molar-refractivity contribution in [1.29, 1.82) is 0 Å². The molecule has 0 aliphatic heterocycles. The maximum atomic E-state index is 13.4. The Labute approximate surface area is 165 Å². The Morgan fingerprint density at radius 3 is 2.66 bits per heavy atom. The first-order chi connectivity index (χ1) is 14.1. The molecule has 7 nitrogen and oxygen atoms in total. The summed E-state index contributed by atoms with van der Waals surface area (Å²) < 4.78 is 15.0. The number of halogens is 1. The van der Waals surface area contributed by atoms with Crippen LogP contribution in [0.5, 0.6) is 0 Å². The fraction of sp³-hybridized carbons (Fsp3) is 0.143. The Hall–Kier alpha value is -3.81.